The van der Waals surface area contributed by atoms with Crippen LogP contribution in [0.3, 0.4) is 0 Å². The third-order valence-electron chi connectivity index (χ3n) is 6.32. The van der Waals surface area contributed by atoms with Gasteiger partial charge in [-0.3, -0.25) is 9.59 Å². The number of carbonyl (C=O) groups excluding carboxylic acids is 2. The fourth-order valence-electron chi connectivity index (χ4n) is 4.53. The number of hydrogen-bond acceptors (Lipinski definition) is 6. The van der Waals surface area contributed by atoms with Gasteiger partial charge in [-0.1, -0.05) is 21.3 Å². The van der Waals surface area contributed by atoms with Crippen molar-refractivity contribution >= 4 is 44.9 Å². The zero-order valence-corrected chi connectivity index (χ0v) is 26.7. The lowest BCUT2D eigenvalue weighted by Gasteiger charge is -2.36. The molecule has 8 nitrogen and oxygen atoms in total. The summed E-state index contributed by atoms with van der Waals surface area (Å²) in [7, 11) is 1.56. The predicted molar refractivity (Wildman–Crippen MR) is 173 cm³/mol. The Bertz CT molecular complexity index is 1220. The summed E-state index contributed by atoms with van der Waals surface area (Å²) in [5.74, 6) is 2.64. The van der Waals surface area contributed by atoms with Crippen molar-refractivity contribution < 1.29 is 23.5 Å². The third kappa shape index (κ3) is 10.6. The molecule has 0 atom stereocenters. The Hall–Kier alpha value is -3.22. The zero-order valence-electron chi connectivity index (χ0n) is 25.1. The third-order valence-corrected chi connectivity index (χ3v) is 6.72. The molecule has 2 N–H and O–H groups in total. The highest BCUT2D eigenvalue weighted by molar-refractivity contribution is 9.10. The van der Waals surface area contributed by atoms with Crippen LogP contribution in [0.5, 0.6) is 0 Å². The first-order valence-corrected chi connectivity index (χ1v) is 14.4. The molecule has 1 aromatic carbocycles. The summed E-state index contributed by atoms with van der Waals surface area (Å²) in [4.78, 5) is 26.6. The van der Waals surface area contributed by atoms with Crippen LogP contribution in [0, 0.1) is 19.3 Å². The number of benzene rings is 1. The van der Waals surface area contributed by atoms with Crippen molar-refractivity contribution in [2.24, 2.45) is 0 Å². The maximum absolute atomic E-state index is 13.5. The molecule has 0 unspecified atom stereocenters. The van der Waals surface area contributed by atoms with Gasteiger partial charge in [0.1, 0.15) is 11.3 Å². The van der Waals surface area contributed by atoms with E-state index in [-0.39, 0.29) is 19.9 Å². The topological polar surface area (TPSA) is 93.0 Å². The van der Waals surface area contributed by atoms with Crippen LogP contribution in [0.15, 0.2) is 44.3 Å². The molecule has 1 saturated heterocycles. The van der Waals surface area contributed by atoms with Gasteiger partial charge in [-0.15, -0.1) is 12.3 Å². The summed E-state index contributed by atoms with van der Waals surface area (Å²) >= 11 is 3.42. The van der Waals surface area contributed by atoms with E-state index in [1.807, 2.05) is 39.8 Å². The number of hydrogen-bond donors (Lipinski definition) is 2. The van der Waals surface area contributed by atoms with Gasteiger partial charge in [0, 0.05) is 55.2 Å². The molecule has 2 aromatic rings. The van der Waals surface area contributed by atoms with Gasteiger partial charge in [-0.05, 0) is 86.7 Å². The highest BCUT2D eigenvalue weighted by Gasteiger charge is 2.26. The van der Waals surface area contributed by atoms with Crippen molar-refractivity contribution in [2.45, 2.75) is 74.8 Å². The molecule has 2 amide bonds. The van der Waals surface area contributed by atoms with Crippen LogP contribution >= 0.6 is 15.9 Å². The number of carbonyl (C=O) groups is 2. The number of amides is 2. The van der Waals surface area contributed by atoms with Crippen molar-refractivity contribution in [3.63, 3.8) is 0 Å². The number of furan rings is 1. The van der Waals surface area contributed by atoms with Crippen LogP contribution in [-0.4, -0.2) is 51.8 Å². The summed E-state index contributed by atoms with van der Waals surface area (Å²) in [6.45, 7) is 16.0. The van der Waals surface area contributed by atoms with Gasteiger partial charge in [-0.2, -0.15) is 0 Å². The molecule has 0 aliphatic carbocycles. The largest absolute Gasteiger partial charge is 0.497 e. The van der Waals surface area contributed by atoms with Crippen LogP contribution in [0.4, 0.5) is 5.69 Å². The van der Waals surface area contributed by atoms with Crippen LogP contribution < -0.4 is 15.5 Å². The van der Waals surface area contributed by atoms with E-state index in [0.29, 0.717) is 39.7 Å². The Kier molecular flexibility index (Phi) is 18.2. The predicted octanol–water partition coefficient (Wildman–Crippen LogP) is 7.11. The number of halogens is 1. The maximum Gasteiger partial charge on any atom is 0.252 e. The number of terminal acetylenes is 1. The number of ether oxygens (including phenoxy) is 2. The summed E-state index contributed by atoms with van der Waals surface area (Å²) in [5.41, 5.74) is 4.64. The van der Waals surface area contributed by atoms with Crippen molar-refractivity contribution in [1.82, 2.24) is 10.6 Å². The van der Waals surface area contributed by atoms with Gasteiger partial charge in [-0.25, -0.2) is 0 Å². The fourth-order valence-corrected chi connectivity index (χ4v) is 4.93. The van der Waals surface area contributed by atoms with Gasteiger partial charge in [0.2, 0.25) is 6.41 Å². The minimum absolute atomic E-state index is 0. The van der Waals surface area contributed by atoms with E-state index in [2.05, 4.69) is 50.7 Å². The summed E-state index contributed by atoms with van der Waals surface area (Å²) < 4.78 is 17.5. The first-order chi connectivity index (χ1) is 19.2. The quantitative estimate of drug-likeness (QED) is 0.125. The Morgan fingerprint density at radius 3 is 2.41 bits per heavy atom. The smallest absolute Gasteiger partial charge is 0.252 e. The van der Waals surface area contributed by atoms with Crippen molar-refractivity contribution in [2.75, 3.05) is 38.3 Å². The zero-order chi connectivity index (χ0) is 30.2. The summed E-state index contributed by atoms with van der Waals surface area (Å²) in [6.07, 6.45) is 8.83. The number of nitrogens with zero attached hydrogens (tertiary/aromatic N) is 1. The maximum atomic E-state index is 13.5. The highest BCUT2D eigenvalue weighted by Crippen LogP contribution is 2.36. The molecule has 2 heterocycles. The first-order valence-electron chi connectivity index (χ1n) is 13.6. The standard InChI is InChI=1S/C26H34BrN3O5.C3H4.C2H6.CH4/c1-6-30(19-7-9-34-10-8-19)21-13-23-20(12-24(27)35-23)25(18(21)4)26(32)28-14-16(2)22(33-5)11-17(3)29-15-31;1-3-2;1-2;/h11-13,15,19H,6-10,14H2,1-5H3,(H,28,32)(H,29,31);1H,2H3;1-2H3;1H4/b17-11-,22-16-;;;. The van der Waals surface area contributed by atoms with Crippen molar-refractivity contribution in [3.05, 3.63) is 51.0 Å². The van der Waals surface area contributed by atoms with E-state index in [9.17, 15) is 9.59 Å². The molecule has 0 radical (unpaired) electrons. The van der Waals surface area contributed by atoms with Crippen molar-refractivity contribution in [1.29, 1.82) is 0 Å². The molecule has 0 saturated carbocycles. The van der Waals surface area contributed by atoms with Crippen LogP contribution in [0.2, 0.25) is 0 Å². The van der Waals surface area contributed by atoms with E-state index in [1.165, 1.54) is 0 Å². The van der Waals surface area contributed by atoms with Crippen molar-refractivity contribution in [3.8, 4) is 12.3 Å². The van der Waals surface area contributed by atoms with E-state index in [1.54, 1.807) is 27.0 Å². The SMILES string of the molecule is C.C#CC.CC.CCN(c1cc2oc(Br)cc2c(C(=O)NC/C(C)=C(/C=C(/C)NC=O)OC)c1C)C1CCOCC1. The molecule has 1 fully saturated rings. The van der Waals surface area contributed by atoms with E-state index >= 15 is 0 Å². The molecule has 1 aliphatic heterocycles. The highest BCUT2D eigenvalue weighted by atomic mass is 79.9. The molecule has 0 bridgehead atoms. The lowest BCUT2D eigenvalue weighted by Crippen LogP contribution is -2.40. The van der Waals surface area contributed by atoms with Gasteiger partial charge >= 0.3 is 0 Å². The number of methoxy groups -OCH3 is 1. The second kappa shape index (κ2) is 19.8. The summed E-state index contributed by atoms with van der Waals surface area (Å²) in [6, 6.07) is 4.22. The second-order valence-electron chi connectivity index (χ2n) is 8.90. The second-order valence-corrected chi connectivity index (χ2v) is 9.68. The minimum Gasteiger partial charge on any atom is -0.497 e. The molecule has 1 aromatic heterocycles. The molecular formula is C32H48BrN3O5. The number of fused-ring (bicyclic) bond motifs is 1. The lowest BCUT2D eigenvalue weighted by atomic mass is 9.98. The average Bonchev–Trinajstić information content (AvgIpc) is 3.32. The molecule has 3 rings (SSSR count). The normalized spacial score (nSPS) is 13.6. The summed E-state index contributed by atoms with van der Waals surface area (Å²) in [5, 5.41) is 6.38. The monoisotopic (exact) mass is 633 g/mol. The molecule has 41 heavy (non-hydrogen) atoms. The van der Waals surface area contributed by atoms with Gasteiger partial charge < -0.3 is 29.4 Å². The van der Waals surface area contributed by atoms with E-state index in [4.69, 9.17) is 13.9 Å². The van der Waals surface area contributed by atoms with Gasteiger partial charge in [0.15, 0.2) is 4.67 Å². The molecular weight excluding hydrogens is 586 g/mol. The van der Waals surface area contributed by atoms with E-state index < -0.39 is 0 Å². The number of nitrogens with one attached hydrogen (secondary N) is 2. The first kappa shape index (κ1) is 37.8. The number of allylic oxidation sites excluding steroid dienone is 2. The minimum atomic E-state index is -0.188. The molecule has 0 spiro atoms. The number of anilines is 1. The number of rotatable bonds is 10. The molecule has 1 aliphatic rings. The van der Waals surface area contributed by atoms with Crippen LogP contribution in [0.25, 0.3) is 11.0 Å². The Labute approximate surface area is 255 Å². The molecule has 9 heteroatoms. The fraction of sp³-hybridized carbons (Fsp3) is 0.500. The van der Waals surface area contributed by atoms with Gasteiger partial charge in [0.05, 0.1) is 12.7 Å². The Morgan fingerprint density at radius 2 is 1.88 bits per heavy atom. The molecule has 228 valence electrons. The van der Waals surface area contributed by atoms with Crippen LogP contribution in [0.1, 0.15) is 77.7 Å². The van der Waals surface area contributed by atoms with Crippen LogP contribution in [-0.2, 0) is 14.3 Å². The van der Waals surface area contributed by atoms with E-state index in [0.717, 1.165) is 54.8 Å². The average molecular weight is 635 g/mol. The Morgan fingerprint density at radius 1 is 1.27 bits per heavy atom. The Balaban J connectivity index is 0.00000250. The van der Waals surface area contributed by atoms with Gasteiger partial charge in [0.25, 0.3) is 5.91 Å². The lowest BCUT2D eigenvalue weighted by molar-refractivity contribution is -0.108.